The van der Waals surface area contributed by atoms with Crippen LogP contribution in [0.25, 0.3) is 16.7 Å². The van der Waals surface area contributed by atoms with Gasteiger partial charge in [0.15, 0.2) is 5.65 Å². The van der Waals surface area contributed by atoms with E-state index in [0.717, 1.165) is 5.56 Å². The largest absolute Gasteiger partial charge is 0.287 e. The zero-order valence-electron chi connectivity index (χ0n) is 14.3. The SMILES string of the molecule is Cc1cccn2c(=O)c3cc(C#N)c(=O)n(Cc4ccccc4Cl)c3nc12. The molecular formula is C20H13ClN4O2. The highest BCUT2D eigenvalue weighted by atomic mass is 35.5. The first kappa shape index (κ1) is 17.0. The normalized spacial score (nSPS) is 11.0. The van der Waals surface area contributed by atoms with Crippen molar-refractivity contribution in [3.63, 3.8) is 0 Å². The Hall–Kier alpha value is -3.43. The fourth-order valence-corrected chi connectivity index (χ4v) is 3.30. The van der Waals surface area contributed by atoms with Crippen LogP contribution in [0.15, 0.2) is 58.3 Å². The van der Waals surface area contributed by atoms with Gasteiger partial charge in [-0.15, -0.1) is 0 Å². The molecule has 0 amide bonds. The number of rotatable bonds is 2. The Balaban J connectivity index is 2.15. The van der Waals surface area contributed by atoms with Crippen molar-refractivity contribution in [3.05, 3.63) is 91.1 Å². The number of nitrogens with zero attached hydrogens (tertiary/aromatic N) is 4. The van der Waals surface area contributed by atoms with Crippen LogP contribution in [-0.4, -0.2) is 14.0 Å². The van der Waals surface area contributed by atoms with Crippen LogP contribution in [0.2, 0.25) is 5.02 Å². The molecule has 0 saturated carbocycles. The third kappa shape index (κ3) is 2.69. The Morgan fingerprint density at radius 2 is 1.89 bits per heavy atom. The van der Waals surface area contributed by atoms with Gasteiger partial charge in [0.05, 0.1) is 11.9 Å². The zero-order chi connectivity index (χ0) is 19.1. The van der Waals surface area contributed by atoms with E-state index in [1.807, 2.05) is 25.1 Å². The van der Waals surface area contributed by atoms with Gasteiger partial charge in [-0.05, 0) is 36.2 Å². The minimum Gasteiger partial charge on any atom is -0.287 e. The predicted molar refractivity (Wildman–Crippen MR) is 103 cm³/mol. The summed E-state index contributed by atoms with van der Waals surface area (Å²) in [6.45, 7) is 1.95. The number of aromatic nitrogens is 3. The molecule has 27 heavy (non-hydrogen) atoms. The van der Waals surface area contributed by atoms with E-state index in [2.05, 4.69) is 4.98 Å². The van der Waals surface area contributed by atoms with Gasteiger partial charge in [0.1, 0.15) is 17.3 Å². The molecule has 0 aliphatic rings. The number of hydrogen-bond donors (Lipinski definition) is 0. The van der Waals surface area contributed by atoms with Crippen molar-refractivity contribution in [1.82, 2.24) is 14.0 Å². The van der Waals surface area contributed by atoms with Crippen LogP contribution in [0.3, 0.4) is 0 Å². The summed E-state index contributed by atoms with van der Waals surface area (Å²) < 4.78 is 2.76. The minimum absolute atomic E-state index is 0.110. The lowest BCUT2D eigenvalue weighted by Crippen LogP contribution is -2.28. The number of nitriles is 1. The second-order valence-electron chi connectivity index (χ2n) is 6.19. The van der Waals surface area contributed by atoms with E-state index in [-0.39, 0.29) is 28.7 Å². The van der Waals surface area contributed by atoms with Crippen molar-refractivity contribution in [2.45, 2.75) is 13.5 Å². The molecule has 0 atom stereocenters. The lowest BCUT2D eigenvalue weighted by Gasteiger charge is -2.13. The predicted octanol–water partition coefficient (Wildman–Crippen LogP) is 2.89. The summed E-state index contributed by atoms with van der Waals surface area (Å²) in [7, 11) is 0. The van der Waals surface area contributed by atoms with E-state index in [0.29, 0.717) is 16.2 Å². The lowest BCUT2D eigenvalue weighted by atomic mass is 10.2. The molecule has 0 bridgehead atoms. The second-order valence-corrected chi connectivity index (χ2v) is 6.60. The average molecular weight is 377 g/mol. The Morgan fingerprint density at radius 3 is 2.63 bits per heavy atom. The smallest absolute Gasteiger partial charge is 0.270 e. The molecule has 0 unspecified atom stereocenters. The third-order valence-corrected chi connectivity index (χ3v) is 4.86. The molecule has 1 aromatic carbocycles. The topological polar surface area (TPSA) is 80.2 Å². The molecular weight excluding hydrogens is 364 g/mol. The van der Waals surface area contributed by atoms with Gasteiger partial charge < -0.3 is 0 Å². The van der Waals surface area contributed by atoms with Gasteiger partial charge in [0.25, 0.3) is 11.1 Å². The fourth-order valence-electron chi connectivity index (χ4n) is 3.10. The van der Waals surface area contributed by atoms with Gasteiger partial charge in [-0.25, -0.2) is 4.98 Å². The maximum atomic E-state index is 13.0. The van der Waals surface area contributed by atoms with Gasteiger partial charge in [-0.1, -0.05) is 35.9 Å². The summed E-state index contributed by atoms with van der Waals surface area (Å²) >= 11 is 6.24. The first-order valence-corrected chi connectivity index (χ1v) is 8.58. The summed E-state index contributed by atoms with van der Waals surface area (Å²) in [5.74, 6) is 0. The highest BCUT2D eigenvalue weighted by Gasteiger charge is 2.16. The fraction of sp³-hybridized carbons (Fsp3) is 0.100. The Morgan fingerprint density at radius 1 is 1.11 bits per heavy atom. The van der Waals surface area contributed by atoms with Crippen molar-refractivity contribution < 1.29 is 0 Å². The summed E-state index contributed by atoms with van der Waals surface area (Å²) in [5.41, 5.74) is 1.26. The van der Waals surface area contributed by atoms with E-state index in [4.69, 9.17) is 11.6 Å². The number of aryl methyl sites for hydroxylation is 1. The molecule has 0 aliphatic heterocycles. The van der Waals surface area contributed by atoms with Gasteiger partial charge in [-0.2, -0.15) is 5.26 Å². The maximum Gasteiger partial charge on any atom is 0.270 e. The molecule has 0 aliphatic carbocycles. The van der Waals surface area contributed by atoms with E-state index < -0.39 is 5.56 Å². The molecule has 4 aromatic rings. The molecule has 0 N–H and O–H groups in total. The molecule has 0 saturated heterocycles. The van der Waals surface area contributed by atoms with Gasteiger partial charge >= 0.3 is 0 Å². The van der Waals surface area contributed by atoms with Crippen molar-refractivity contribution in [3.8, 4) is 6.07 Å². The number of halogens is 1. The molecule has 132 valence electrons. The molecule has 4 rings (SSSR count). The Kier molecular flexibility index (Phi) is 4.02. The first-order valence-electron chi connectivity index (χ1n) is 8.20. The molecule has 3 aromatic heterocycles. The van der Waals surface area contributed by atoms with E-state index in [1.54, 1.807) is 30.5 Å². The average Bonchev–Trinajstić information content (AvgIpc) is 2.66. The summed E-state index contributed by atoms with van der Waals surface area (Å²) in [4.78, 5) is 30.3. The highest BCUT2D eigenvalue weighted by molar-refractivity contribution is 6.31. The van der Waals surface area contributed by atoms with Crippen LogP contribution in [0.5, 0.6) is 0 Å². The van der Waals surface area contributed by atoms with Crippen LogP contribution in [-0.2, 0) is 6.54 Å². The van der Waals surface area contributed by atoms with Crippen LogP contribution < -0.4 is 11.1 Å². The number of benzene rings is 1. The van der Waals surface area contributed by atoms with Crippen LogP contribution in [0.1, 0.15) is 16.7 Å². The van der Waals surface area contributed by atoms with Gasteiger partial charge in [0.2, 0.25) is 0 Å². The highest BCUT2D eigenvalue weighted by Crippen LogP contribution is 2.18. The van der Waals surface area contributed by atoms with Crippen LogP contribution in [0.4, 0.5) is 0 Å². The summed E-state index contributed by atoms with van der Waals surface area (Å²) in [5, 5.41) is 10.1. The van der Waals surface area contributed by atoms with Crippen molar-refractivity contribution in [2.75, 3.05) is 0 Å². The molecule has 0 radical (unpaired) electrons. The Bertz CT molecular complexity index is 1380. The van der Waals surface area contributed by atoms with Crippen molar-refractivity contribution >= 4 is 28.3 Å². The summed E-state index contributed by atoms with van der Waals surface area (Å²) in [6.07, 6.45) is 1.62. The minimum atomic E-state index is -0.505. The maximum absolute atomic E-state index is 13.0. The van der Waals surface area contributed by atoms with Crippen molar-refractivity contribution in [1.29, 1.82) is 5.26 Å². The number of fused-ring (bicyclic) bond motifs is 2. The van der Waals surface area contributed by atoms with E-state index >= 15 is 0 Å². The molecule has 0 spiro atoms. The second kappa shape index (κ2) is 6.38. The quantitative estimate of drug-likeness (QED) is 0.504. The van der Waals surface area contributed by atoms with Crippen molar-refractivity contribution in [2.24, 2.45) is 0 Å². The number of hydrogen-bond acceptors (Lipinski definition) is 4. The summed E-state index contributed by atoms with van der Waals surface area (Å²) in [6, 6.07) is 13.9. The van der Waals surface area contributed by atoms with E-state index in [9.17, 15) is 14.9 Å². The van der Waals surface area contributed by atoms with Gasteiger partial charge in [-0.3, -0.25) is 18.6 Å². The Labute approximate surface area is 158 Å². The van der Waals surface area contributed by atoms with Gasteiger partial charge in [0, 0.05) is 11.2 Å². The zero-order valence-corrected chi connectivity index (χ0v) is 15.1. The third-order valence-electron chi connectivity index (χ3n) is 4.49. The van der Waals surface area contributed by atoms with E-state index in [1.165, 1.54) is 15.0 Å². The number of pyridine rings is 2. The molecule has 6 nitrogen and oxygen atoms in total. The first-order chi connectivity index (χ1) is 13.0. The standard InChI is InChI=1S/C20H13ClN4O2/c1-12-5-4-8-24-17(12)23-18-15(20(24)27)9-14(10-22)19(26)25(18)11-13-6-2-3-7-16(13)21/h2-9H,11H2,1H3. The lowest BCUT2D eigenvalue weighted by molar-refractivity contribution is 0.778. The molecule has 3 heterocycles. The monoisotopic (exact) mass is 376 g/mol. The molecule has 0 fully saturated rings. The van der Waals surface area contributed by atoms with Crippen LogP contribution in [0, 0.1) is 18.3 Å². The van der Waals surface area contributed by atoms with Crippen LogP contribution >= 0.6 is 11.6 Å². The molecule has 7 heteroatoms.